The number of hydrogen-bond acceptors (Lipinski definition) is 5. The fourth-order valence-corrected chi connectivity index (χ4v) is 3.26. The summed E-state index contributed by atoms with van der Waals surface area (Å²) >= 11 is 0. The van der Waals surface area contributed by atoms with Crippen molar-refractivity contribution in [3.8, 4) is 0 Å². The lowest BCUT2D eigenvalue weighted by Crippen LogP contribution is -2.29. The van der Waals surface area contributed by atoms with Crippen LogP contribution in [0.3, 0.4) is 0 Å². The summed E-state index contributed by atoms with van der Waals surface area (Å²) in [6.45, 7) is 4.23. The molecule has 2 heterocycles. The molecule has 0 fully saturated rings. The molecule has 0 amide bonds. The van der Waals surface area contributed by atoms with Crippen LogP contribution in [-0.4, -0.2) is 40.5 Å². The van der Waals surface area contributed by atoms with Crippen LogP contribution in [-0.2, 0) is 24.1 Å². The maximum Gasteiger partial charge on any atom is 0.344 e. The van der Waals surface area contributed by atoms with Crippen LogP contribution in [0, 0.1) is 0 Å². The van der Waals surface area contributed by atoms with Crippen molar-refractivity contribution in [3.63, 3.8) is 0 Å². The number of aromatic nitrogens is 1. The Morgan fingerprint density at radius 1 is 1.20 bits per heavy atom. The number of benzene rings is 1. The van der Waals surface area contributed by atoms with E-state index >= 15 is 0 Å². The Kier molecular flexibility index (Phi) is 5.19. The lowest BCUT2D eigenvalue weighted by molar-refractivity contribution is 0.0516. The van der Waals surface area contributed by atoms with E-state index in [1.165, 1.54) is 11.8 Å². The molecule has 6 nitrogen and oxygen atoms in total. The van der Waals surface area contributed by atoms with Crippen molar-refractivity contribution in [1.29, 1.82) is 0 Å². The number of ether oxygens (including phenoxy) is 1. The van der Waals surface area contributed by atoms with Gasteiger partial charge in [-0.15, -0.1) is 0 Å². The van der Waals surface area contributed by atoms with Crippen LogP contribution in [0.15, 0.2) is 41.3 Å². The van der Waals surface area contributed by atoms with Crippen LogP contribution in [0.4, 0.5) is 0 Å². The van der Waals surface area contributed by atoms with Crippen LogP contribution in [0.1, 0.15) is 34.0 Å². The molecule has 0 spiro atoms. The number of carbonyl (C=O) groups excluding carboxylic acids is 1. The minimum absolute atomic E-state index is 0.0385. The van der Waals surface area contributed by atoms with E-state index in [-0.39, 0.29) is 12.2 Å². The Balaban J connectivity index is 1.87. The first-order valence-corrected chi connectivity index (χ1v) is 8.50. The molecule has 132 valence electrons. The molecule has 6 heteroatoms. The van der Waals surface area contributed by atoms with Crippen LogP contribution in [0.5, 0.6) is 0 Å². The molecule has 1 aromatic heterocycles. The molecule has 2 aromatic rings. The first-order chi connectivity index (χ1) is 12.1. The summed E-state index contributed by atoms with van der Waals surface area (Å²) in [5, 5.41) is 9.85. The van der Waals surface area contributed by atoms with Gasteiger partial charge in [-0.25, -0.2) is 4.79 Å². The summed E-state index contributed by atoms with van der Waals surface area (Å²) in [4.78, 5) is 26.7. The lowest BCUT2D eigenvalue weighted by Gasteiger charge is -2.19. The summed E-state index contributed by atoms with van der Waals surface area (Å²) in [7, 11) is 0. The number of carbonyl (C=O) groups is 1. The smallest absolute Gasteiger partial charge is 0.344 e. The van der Waals surface area contributed by atoms with Gasteiger partial charge in [-0.1, -0.05) is 30.3 Å². The number of fused-ring (bicyclic) bond motifs is 1. The van der Waals surface area contributed by atoms with E-state index in [4.69, 9.17) is 4.74 Å². The van der Waals surface area contributed by atoms with Gasteiger partial charge in [0.15, 0.2) is 0 Å². The Labute approximate surface area is 146 Å². The summed E-state index contributed by atoms with van der Waals surface area (Å²) in [5.74, 6) is -0.663. The predicted octanol–water partition coefficient (Wildman–Crippen LogP) is 1.86. The fraction of sp³-hybridized carbons (Fsp3) is 0.368. The van der Waals surface area contributed by atoms with Crippen LogP contribution < -0.4 is 5.56 Å². The number of nitrogens with zero attached hydrogens (tertiary/aromatic N) is 2. The second kappa shape index (κ2) is 7.53. The monoisotopic (exact) mass is 342 g/mol. The number of rotatable bonds is 4. The van der Waals surface area contributed by atoms with Gasteiger partial charge in [0.1, 0.15) is 5.56 Å². The van der Waals surface area contributed by atoms with Crippen molar-refractivity contribution >= 4 is 5.97 Å². The second-order valence-corrected chi connectivity index (χ2v) is 6.14. The molecular weight excluding hydrogens is 320 g/mol. The fourth-order valence-electron chi connectivity index (χ4n) is 3.26. The van der Waals surface area contributed by atoms with E-state index in [1.807, 2.05) is 18.2 Å². The highest BCUT2D eigenvalue weighted by Gasteiger charge is 2.25. The summed E-state index contributed by atoms with van der Waals surface area (Å²) < 4.78 is 5.51. The van der Waals surface area contributed by atoms with Gasteiger partial charge in [-0.05, 0) is 36.5 Å². The Bertz CT molecular complexity index is 814. The van der Waals surface area contributed by atoms with Crippen molar-refractivity contribution in [2.75, 3.05) is 19.7 Å². The van der Waals surface area contributed by atoms with Crippen molar-refractivity contribution in [1.82, 2.24) is 9.63 Å². The standard InChI is InChI=1S/C19H22N2O4/c1-2-25-19(23)17-16-9-11-20(12-14-6-4-3-5-7-14)10-8-15(16)13-21(24)18(17)22/h3-7,13,24H,2,8-12H2,1H3. The molecule has 0 bridgehead atoms. The molecular formula is C19H22N2O4. The topological polar surface area (TPSA) is 71.8 Å². The number of pyridine rings is 1. The predicted molar refractivity (Wildman–Crippen MR) is 93.0 cm³/mol. The molecule has 25 heavy (non-hydrogen) atoms. The normalized spacial score (nSPS) is 14.6. The molecule has 3 rings (SSSR count). The van der Waals surface area contributed by atoms with Gasteiger partial charge < -0.3 is 9.94 Å². The molecule has 0 aliphatic carbocycles. The highest BCUT2D eigenvalue weighted by atomic mass is 16.5. The third kappa shape index (κ3) is 3.74. The number of hydrogen-bond donors (Lipinski definition) is 1. The maximum absolute atomic E-state index is 12.2. The minimum atomic E-state index is -0.714. The van der Waals surface area contributed by atoms with Crippen LogP contribution in [0.25, 0.3) is 0 Å². The van der Waals surface area contributed by atoms with Gasteiger partial charge in [0, 0.05) is 19.6 Å². The Morgan fingerprint density at radius 3 is 2.64 bits per heavy atom. The van der Waals surface area contributed by atoms with Gasteiger partial charge in [0.25, 0.3) is 5.56 Å². The number of esters is 1. The zero-order valence-electron chi connectivity index (χ0n) is 14.3. The maximum atomic E-state index is 12.2. The van der Waals surface area contributed by atoms with E-state index in [1.54, 1.807) is 6.92 Å². The Hall–Kier alpha value is -2.60. The van der Waals surface area contributed by atoms with Crippen molar-refractivity contribution in [3.05, 3.63) is 69.1 Å². The van der Waals surface area contributed by atoms with E-state index in [0.29, 0.717) is 23.1 Å². The average molecular weight is 342 g/mol. The molecule has 1 aromatic carbocycles. The quantitative estimate of drug-likeness (QED) is 0.678. The van der Waals surface area contributed by atoms with E-state index in [9.17, 15) is 14.8 Å². The van der Waals surface area contributed by atoms with Crippen LogP contribution in [0.2, 0.25) is 0 Å². The zero-order chi connectivity index (χ0) is 17.8. The molecule has 0 saturated carbocycles. The largest absolute Gasteiger partial charge is 0.462 e. The molecule has 1 aliphatic heterocycles. The van der Waals surface area contributed by atoms with Crippen molar-refractivity contribution in [2.24, 2.45) is 0 Å². The molecule has 0 saturated heterocycles. The van der Waals surface area contributed by atoms with E-state index in [2.05, 4.69) is 17.0 Å². The molecule has 0 unspecified atom stereocenters. The SMILES string of the molecule is CCOC(=O)c1c2c(cn(O)c1=O)CCN(Cc1ccccc1)CC2. The van der Waals surface area contributed by atoms with Crippen molar-refractivity contribution in [2.45, 2.75) is 26.3 Å². The summed E-state index contributed by atoms with van der Waals surface area (Å²) in [6.07, 6.45) is 2.66. The molecule has 1 aliphatic rings. The second-order valence-electron chi connectivity index (χ2n) is 6.14. The summed E-state index contributed by atoms with van der Waals surface area (Å²) in [6, 6.07) is 10.2. The highest BCUT2D eigenvalue weighted by molar-refractivity contribution is 5.91. The highest BCUT2D eigenvalue weighted by Crippen LogP contribution is 2.19. The third-order valence-corrected chi connectivity index (χ3v) is 4.49. The molecule has 1 N–H and O–H groups in total. The Morgan fingerprint density at radius 2 is 1.92 bits per heavy atom. The molecule has 0 radical (unpaired) electrons. The first-order valence-electron chi connectivity index (χ1n) is 8.50. The van der Waals surface area contributed by atoms with Gasteiger partial charge in [0.05, 0.1) is 12.8 Å². The van der Waals surface area contributed by atoms with E-state index < -0.39 is 11.5 Å². The van der Waals surface area contributed by atoms with Gasteiger partial charge >= 0.3 is 5.97 Å². The average Bonchev–Trinajstić information content (AvgIpc) is 2.80. The third-order valence-electron chi connectivity index (χ3n) is 4.49. The van der Waals surface area contributed by atoms with Gasteiger partial charge in [-0.3, -0.25) is 9.69 Å². The van der Waals surface area contributed by atoms with Gasteiger partial charge in [-0.2, -0.15) is 4.73 Å². The van der Waals surface area contributed by atoms with E-state index in [0.717, 1.165) is 25.2 Å². The minimum Gasteiger partial charge on any atom is -0.462 e. The van der Waals surface area contributed by atoms with Gasteiger partial charge in [0.2, 0.25) is 0 Å². The summed E-state index contributed by atoms with van der Waals surface area (Å²) in [5.41, 5.74) is 1.99. The molecule has 0 atom stereocenters. The lowest BCUT2D eigenvalue weighted by atomic mass is 10.00. The van der Waals surface area contributed by atoms with Crippen LogP contribution >= 0.6 is 0 Å². The zero-order valence-corrected chi connectivity index (χ0v) is 14.3. The first kappa shape index (κ1) is 17.2. The van der Waals surface area contributed by atoms with Crippen molar-refractivity contribution < 1.29 is 14.7 Å².